The van der Waals surface area contributed by atoms with E-state index in [-0.39, 0.29) is 28.5 Å². The van der Waals surface area contributed by atoms with Crippen molar-refractivity contribution in [3.8, 4) is 11.5 Å². The third-order valence-electron chi connectivity index (χ3n) is 5.30. The number of amides is 1. The summed E-state index contributed by atoms with van der Waals surface area (Å²) in [7, 11) is -1.69. The first-order valence-corrected chi connectivity index (χ1v) is 12.2. The Bertz CT molecular complexity index is 853. The zero-order chi connectivity index (χ0) is 21.2. The van der Waals surface area contributed by atoms with Gasteiger partial charge in [0.1, 0.15) is 0 Å². The molecule has 2 aliphatic heterocycles. The maximum absolute atomic E-state index is 12.9. The van der Waals surface area contributed by atoms with Crippen LogP contribution >= 0.6 is 11.6 Å². The molecule has 0 spiro atoms. The summed E-state index contributed by atoms with van der Waals surface area (Å²) in [5.41, 5.74) is 0.313. The highest BCUT2D eigenvalue weighted by Gasteiger charge is 2.42. The van der Waals surface area contributed by atoms with Crippen LogP contribution in [-0.4, -0.2) is 69.6 Å². The van der Waals surface area contributed by atoms with E-state index in [1.165, 1.54) is 13.2 Å². The molecule has 2 saturated heterocycles. The van der Waals surface area contributed by atoms with Crippen molar-refractivity contribution in [3.63, 3.8) is 0 Å². The third kappa shape index (κ3) is 5.35. The molecule has 2 unspecified atom stereocenters. The molecule has 2 fully saturated rings. The topological polar surface area (TPSA) is 84.9 Å². The summed E-state index contributed by atoms with van der Waals surface area (Å²) < 4.78 is 35.5. The van der Waals surface area contributed by atoms with Gasteiger partial charge in [-0.15, -0.1) is 0 Å². The predicted molar refractivity (Wildman–Crippen MR) is 113 cm³/mol. The third-order valence-corrected chi connectivity index (χ3v) is 7.30. The molecule has 7 nitrogen and oxygen atoms in total. The molecule has 9 heteroatoms. The average molecular weight is 445 g/mol. The number of nitrogens with one attached hydrogen (secondary N) is 1. The molecule has 1 amide bonds. The summed E-state index contributed by atoms with van der Waals surface area (Å²) in [4.78, 5) is 15.1. The van der Waals surface area contributed by atoms with Crippen LogP contribution in [0.15, 0.2) is 12.1 Å². The van der Waals surface area contributed by atoms with Crippen LogP contribution in [0.2, 0.25) is 5.02 Å². The normalized spacial score (nSPS) is 24.0. The van der Waals surface area contributed by atoms with E-state index in [1.807, 2.05) is 13.8 Å². The van der Waals surface area contributed by atoms with Crippen LogP contribution in [0.4, 0.5) is 0 Å². The summed E-state index contributed by atoms with van der Waals surface area (Å²) >= 11 is 6.35. The first-order valence-electron chi connectivity index (χ1n) is 9.96. The molecule has 0 aromatic heterocycles. The molecule has 1 aromatic rings. The fourth-order valence-electron chi connectivity index (χ4n) is 3.89. The number of likely N-dealkylation sites (tertiary alicyclic amines) is 1. The van der Waals surface area contributed by atoms with Crippen LogP contribution in [0.25, 0.3) is 0 Å². The first-order chi connectivity index (χ1) is 13.7. The van der Waals surface area contributed by atoms with Gasteiger partial charge in [-0.05, 0) is 44.0 Å². The summed E-state index contributed by atoms with van der Waals surface area (Å²) in [6, 6.07) is 2.49. The number of halogens is 1. The first kappa shape index (κ1) is 22.2. The van der Waals surface area contributed by atoms with Crippen molar-refractivity contribution in [2.24, 2.45) is 5.92 Å². The number of methoxy groups -OCH3 is 1. The van der Waals surface area contributed by atoms with Crippen molar-refractivity contribution in [2.75, 3.05) is 38.3 Å². The van der Waals surface area contributed by atoms with Crippen LogP contribution in [0.5, 0.6) is 11.5 Å². The lowest BCUT2D eigenvalue weighted by molar-refractivity contribution is 0.0918. The monoisotopic (exact) mass is 444 g/mol. The Balaban J connectivity index is 1.78. The molecule has 2 aliphatic rings. The molecule has 162 valence electrons. The number of nitrogens with zero attached hydrogens (tertiary/aromatic N) is 1. The van der Waals surface area contributed by atoms with Gasteiger partial charge in [0.2, 0.25) is 0 Å². The number of carbonyl (C=O) groups excluding carboxylic acids is 1. The lowest BCUT2D eigenvalue weighted by atomic mass is 10.1. The van der Waals surface area contributed by atoms with Crippen molar-refractivity contribution in [2.45, 2.75) is 38.8 Å². The highest BCUT2D eigenvalue weighted by atomic mass is 35.5. The minimum atomic E-state index is -3.18. The average Bonchev–Trinajstić information content (AvgIpc) is 3.27. The fourth-order valence-corrected chi connectivity index (χ4v) is 6.11. The molecule has 0 radical (unpaired) electrons. The second-order valence-corrected chi connectivity index (χ2v) is 10.7. The summed E-state index contributed by atoms with van der Waals surface area (Å²) in [5, 5.41) is 3.19. The van der Waals surface area contributed by atoms with Crippen molar-refractivity contribution < 1.29 is 22.7 Å². The van der Waals surface area contributed by atoms with Crippen LogP contribution in [0.3, 0.4) is 0 Å². The van der Waals surface area contributed by atoms with Crippen molar-refractivity contribution in [3.05, 3.63) is 22.7 Å². The van der Waals surface area contributed by atoms with E-state index in [0.29, 0.717) is 29.6 Å². The lowest BCUT2D eigenvalue weighted by Gasteiger charge is -2.28. The number of benzene rings is 1. The lowest BCUT2D eigenvalue weighted by Crippen LogP contribution is -2.50. The van der Waals surface area contributed by atoms with Crippen molar-refractivity contribution >= 4 is 27.3 Å². The quantitative estimate of drug-likeness (QED) is 0.695. The Labute approximate surface area is 177 Å². The summed E-state index contributed by atoms with van der Waals surface area (Å²) in [6.07, 6.45) is 2.11. The highest BCUT2D eigenvalue weighted by Crippen LogP contribution is 2.37. The maximum atomic E-state index is 12.9. The van der Waals surface area contributed by atoms with E-state index in [0.717, 1.165) is 25.9 Å². The molecule has 0 saturated carbocycles. The molecular weight excluding hydrogens is 416 g/mol. The van der Waals surface area contributed by atoms with Gasteiger partial charge >= 0.3 is 0 Å². The predicted octanol–water partition coefficient (Wildman–Crippen LogP) is 2.37. The minimum Gasteiger partial charge on any atom is -0.493 e. The van der Waals surface area contributed by atoms with Gasteiger partial charge in [-0.1, -0.05) is 25.4 Å². The number of hydrogen-bond acceptors (Lipinski definition) is 6. The highest BCUT2D eigenvalue weighted by molar-refractivity contribution is 7.91. The van der Waals surface area contributed by atoms with Gasteiger partial charge < -0.3 is 14.8 Å². The van der Waals surface area contributed by atoms with Gasteiger partial charge in [0, 0.05) is 11.6 Å². The van der Waals surface area contributed by atoms with Crippen LogP contribution in [-0.2, 0) is 9.84 Å². The maximum Gasteiger partial charge on any atom is 0.251 e. The van der Waals surface area contributed by atoms with Gasteiger partial charge in [-0.2, -0.15) is 0 Å². The molecule has 2 atom stereocenters. The van der Waals surface area contributed by atoms with Crippen molar-refractivity contribution in [1.29, 1.82) is 0 Å². The molecular formula is C20H29ClN2O5S. The van der Waals surface area contributed by atoms with E-state index in [4.69, 9.17) is 21.1 Å². The van der Waals surface area contributed by atoms with Gasteiger partial charge in [0.15, 0.2) is 21.3 Å². The molecule has 0 bridgehead atoms. The van der Waals surface area contributed by atoms with Gasteiger partial charge in [0.05, 0.1) is 36.3 Å². The molecule has 2 heterocycles. The van der Waals surface area contributed by atoms with E-state index in [2.05, 4.69) is 10.2 Å². The number of rotatable bonds is 7. The van der Waals surface area contributed by atoms with Gasteiger partial charge in [-0.25, -0.2) is 8.42 Å². The molecule has 29 heavy (non-hydrogen) atoms. The largest absolute Gasteiger partial charge is 0.493 e. The Kier molecular flexibility index (Phi) is 6.96. The van der Waals surface area contributed by atoms with Gasteiger partial charge in [0.25, 0.3) is 5.91 Å². The number of hydrogen-bond donors (Lipinski definition) is 1. The summed E-state index contributed by atoms with van der Waals surface area (Å²) in [5.74, 6) is 0.762. The molecule has 1 N–H and O–H groups in total. The Hall–Kier alpha value is -1.51. The van der Waals surface area contributed by atoms with Crippen LogP contribution in [0, 0.1) is 5.92 Å². The standard InChI is InChI=1S/C20H29ClN2O5S/c1-13(2)10-28-19-15(21)8-14(9-18(19)27-3)20(24)22-16-11-29(25,26)12-17(16)23-6-4-5-7-23/h8-9,13,16-17H,4-7,10-12H2,1-3H3,(H,22,24). The second-order valence-electron chi connectivity index (χ2n) is 8.16. The smallest absolute Gasteiger partial charge is 0.251 e. The SMILES string of the molecule is COc1cc(C(=O)NC2CS(=O)(=O)CC2N2CCCC2)cc(Cl)c1OCC(C)C. The zero-order valence-corrected chi connectivity index (χ0v) is 18.7. The van der Waals surface area contributed by atoms with Crippen LogP contribution in [0.1, 0.15) is 37.0 Å². The fraction of sp³-hybridized carbons (Fsp3) is 0.650. The summed E-state index contributed by atoms with van der Waals surface area (Å²) in [6.45, 7) is 6.25. The Morgan fingerprint density at radius 2 is 1.97 bits per heavy atom. The zero-order valence-electron chi connectivity index (χ0n) is 17.1. The van der Waals surface area contributed by atoms with E-state index >= 15 is 0 Å². The second kappa shape index (κ2) is 9.10. The van der Waals surface area contributed by atoms with Gasteiger partial charge in [-0.3, -0.25) is 9.69 Å². The molecule has 3 rings (SSSR count). The van der Waals surface area contributed by atoms with E-state index in [1.54, 1.807) is 6.07 Å². The van der Waals surface area contributed by atoms with Crippen molar-refractivity contribution in [1.82, 2.24) is 10.2 Å². The van der Waals surface area contributed by atoms with Crippen LogP contribution < -0.4 is 14.8 Å². The molecule has 0 aliphatic carbocycles. The Morgan fingerprint density at radius 3 is 2.59 bits per heavy atom. The Morgan fingerprint density at radius 1 is 1.28 bits per heavy atom. The number of ether oxygens (including phenoxy) is 2. The van der Waals surface area contributed by atoms with E-state index < -0.39 is 15.9 Å². The number of carbonyl (C=O) groups is 1. The number of sulfone groups is 1. The van der Waals surface area contributed by atoms with E-state index in [9.17, 15) is 13.2 Å². The minimum absolute atomic E-state index is 0.0413. The molecule has 1 aromatic carbocycles.